The minimum Gasteiger partial charge on any atom is -1.00 e. The summed E-state index contributed by atoms with van der Waals surface area (Å²) < 4.78 is 0. The second kappa shape index (κ2) is 17.2. The van der Waals surface area contributed by atoms with Crippen LogP contribution in [-0.2, 0) is 0 Å². The van der Waals surface area contributed by atoms with Crippen molar-refractivity contribution in [1.82, 2.24) is 0 Å². The molecule has 0 amide bonds. The van der Waals surface area contributed by atoms with Gasteiger partial charge < -0.3 is 22.4 Å². The van der Waals surface area contributed by atoms with Gasteiger partial charge in [-0.1, -0.05) is 51.4 Å². The van der Waals surface area contributed by atoms with Crippen molar-refractivity contribution in [2.75, 3.05) is 27.2 Å². The average molecular weight is 280 g/mol. The number of hydrogen-bond acceptors (Lipinski definition) is 1. The summed E-state index contributed by atoms with van der Waals surface area (Å²) in [6.45, 7) is 1.69. The molecule has 0 rings (SSSR count). The molecule has 0 aromatic heterocycles. The zero-order chi connectivity index (χ0) is 12.8. The Morgan fingerprint density at radius 2 is 0.944 bits per heavy atom. The van der Waals surface area contributed by atoms with Crippen molar-refractivity contribution < 1.29 is 22.4 Å². The minimum atomic E-state index is 0. The highest BCUT2D eigenvalue weighted by Crippen LogP contribution is 2.10. The summed E-state index contributed by atoms with van der Waals surface area (Å²) in [5.74, 6) is 0. The summed E-state index contributed by atoms with van der Waals surface area (Å²) in [6.07, 6.45) is 14.8. The van der Waals surface area contributed by atoms with Crippen LogP contribution in [0.2, 0.25) is 0 Å². The van der Waals surface area contributed by atoms with Crippen molar-refractivity contribution in [3.63, 3.8) is 0 Å². The molecule has 18 heavy (non-hydrogen) atoms. The molecule has 0 saturated heterocycles. The van der Waals surface area contributed by atoms with Gasteiger partial charge in [0.15, 0.2) is 0 Å². The van der Waals surface area contributed by atoms with Crippen molar-refractivity contribution in [2.24, 2.45) is 0 Å². The Labute approximate surface area is 121 Å². The van der Waals surface area contributed by atoms with Gasteiger partial charge in [0, 0.05) is 6.61 Å². The lowest BCUT2D eigenvalue weighted by Gasteiger charge is -2.06. The fourth-order valence-electron chi connectivity index (χ4n) is 2.18. The fourth-order valence-corrected chi connectivity index (χ4v) is 2.18. The van der Waals surface area contributed by atoms with Crippen LogP contribution in [-0.4, -0.2) is 32.4 Å². The molecule has 3 heteroatoms. The van der Waals surface area contributed by atoms with Crippen LogP contribution >= 0.6 is 0 Å². The maximum absolute atomic E-state index is 8.64. The Hall–Kier alpha value is 0.210. The van der Waals surface area contributed by atoms with E-state index in [-0.39, 0.29) is 12.4 Å². The Balaban J connectivity index is 0. The summed E-state index contributed by atoms with van der Waals surface area (Å²) in [5.41, 5.74) is 0. The lowest BCUT2D eigenvalue weighted by atomic mass is 10.1. The maximum Gasteiger partial charge on any atom is 0.0766 e. The van der Waals surface area contributed by atoms with Crippen LogP contribution in [0.1, 0.15) is 70.6 Å². The lowest BCUT2D eigenvalue weighted by molar-refractivity contribution is -0.858. The lowest BCUT2D eigenvalue weighted by Crippen LogP contribution is -3.05. The largest absolute Gasteiger partial charge is 1.00 e. The molecule has 2 nitrogen and oxygen atoms in total. The molecule has 0 spiro atoms. The highest BCUT2D eigenvalue weighted by Gasteiger charge is 1.95. The molecule has 2 N–H and O–H groups in total. The molecule has 0 bridgehead atoms. The van der Waals surface area contributed by atoms with Gasteiger partial charge in [-0.15, -0.1) is 0 Å². The highest BCUT2D eigenvalue weighted by atomic mass is 35.5. The van der Waals surface area contributed by atoms with Crippen LogP contribution in [0, 0.1) is 0 Å². The Morgan fingerprint density at radius 3 is 1.28 bits per heavy atom. The normalized spacial score (nSPS) is 10.7. The van der Waals surface area contributed by atoms with E-state index in [4.69, 9.17) is 5.11 Å². The van der Waals surface area contributed by atoms with E-state index in [1.165, 1.54) is 70.8 Å². The molecule has 0 aromatic rings. The van der Waals surface area contributed by atoms with Crippen molar-refractivity contribution in [3.8, 4) is 0 Å². The first kappa shape index (κ1) is 20.5. The van der Waals surface area contributed by atoms with Gasteiger partial charge in [-0.05, 0) is 19.3 Å². The van der Waals surface area contributed by atoms with Gasteiger partial charge >= 0.3 is 0 Å². The van der Waals surface area contributed by atoms with Crippen molar-refractivity contribution in [2.45, 2.75) is 70.6 Å². The first-order valence-electron chi connectivity index (χ1n) is 7.67. The van der Waals surface area contributed by atoms with Crippen molar-refractivity contribution in [1.29, 1.82) is 0 Å². The average Bonchev–Trinajstić information content (AvgIpc) is 2.30. The minimum absolute atomic E-state index is 0. The molecule has 0 radical (unpaired) electrons. The predicted molar refractivity (Wildman–Crippen MR) is 75.6 cm³/mol. The Kier molecular flexibility index (Phi) is 19.6. The summed E-state index contributed by atoms with van der Waals surface area (Å²) in [5, 5.41) is 8.64. The van der Waals surface area contributed by atoms with Gasteiger partial charge in [-0.25, -0.2) is 0 Å². The molecule has 112 valence electrons. The smallest absolute Gasteiger partial charge is 0.0766 e. The quantitative estimate of drug-likeness (QED) is 0.433. The van der Waals surface area contributed by atoms with Gasteiger partial charge in [-0.2, -0.15) is 0 Å². The van der Waals surface area contributed by atoms with E-state index in [1.807, 2.05) is 0 Å². The van der Waals surface area contributed by atoms with Gasteiger partial charge in [0.2, 0.25) is 0 Å². The summed E-state index contributed by atoms with van der Waals surface area (Å²) >= 11 is 0. The van der Waals surface area contributed by atoms with Crippen LogP contribution in [0.25, 0.3) is 0 Å². The number of aliphatic hydroxyl groups excluding tert-OH is 1. The summed E-state index contributed by atoms with van der Waals surface area (Å²) in [4.78, 5) is 1.58. The molecule has 0 aromatic carbocycles. The number of halogens is 1. The fraction of sp³-hybridized carbons (Fsp3) is 1.00. The maximum atomic E-state index is 8.64. The van der Waals surface area contributed by atoms with E-state index >= 15 is 0 Å². The standard InChI is InChI=1S/C15H33NO.ClH/c1-16(2)14-12-10-8-6-4-3-5-7-9-11-13-15-17;/h17H,3-15H2,1-2H3;1H. The Bertz CT molecular complexity index is 142. The number of rotatable bonds is 13. The molecular formula is C15H34ClNO. The molecular weight excluding hydrogens is 246 g/mol. The molecule has 0 atom stereocenters. The number of hydrogen-bond donors (Lipinski definition) is 2. The van der Waals surface area contributed by atoms with Gasteiger partial charge in [0.1, 0.15) is 0 Å². The molecule has 0 aliphatic rings. The van der Waals surface area contributed by atoms with E-state index in [1.54, 1.807) is 4.90 Å². The van der Waals surface area contributed by atoms with Crippen LogP contribution in [0.3, 0.4) is 0 Å². The number of aliphatic hydroxyl groups is 1. The van der Waals surface area contributed by atoms with Crippen molar-refractivity contribution in [3.05, 3.63) is 0 Å². The van der Waals surface area contributed by atoms with Crippen LogP contribution in [0.4, 0.5) is 0 Å². The summed E-state index contributed by atoms with van der Waals surface area (Å²) in [6, 6.07) is 0. The highest BCUT2D eigenvalue weighted by molar-refractivity contribution is 4.48. The molecule has 0 aliphatic heterocycles. The molecule has 0 fully saturated rings. The zero-order valence-electron chi connectivity index (χ0n) is 12.5. The van der Waals surface area contributed by atoms with Gasteiger partial charge in [0.25, 0.3) is 0 Å². The van der Waals surface area contributed by atoms with Gasteiger partial charge in [0.05, 0.1) is 20.6 Å². The van der Waals surface area contributed by atoms with Gasteiger partial charge in [-0.3, -0.25) is 0 Å². The number of nitrogens with one attached hydrogen (secondary N) is 1. The molecule has 0 heterocycles. The first-order valence-corrected chi connectivity index (χ1v) is 7.67. The SMILES string of the molecule is C[NH+](C)CCCCCCCCCCCCCO.[Cl-]. The molecule has 0 aliphatic carbocycles. The number of unbranched alkanes of at least 4 members (excludes halogenated alkanes) is 10. The molecule has 0 saturated carbocycles. The number of quaternary nitrogens is 1. The molecule has 0 unspecified atom stereocenters. The first-order chi connectivity index (χ1) is 8.27. The second-order valence-corrected chi connectivity index (χ2v) is 5.57. The van der Waals surface area contributed by atoms with E-state index in [0.717, 1.165) is 6.42 Å². The topological polar surface area (TPSA) is 24.7 Å². The van der Waals surface area contributed by atoms with E-state index in [9.17, 15) is 0 Å². The van der Waals surface area contributed by atoms with Crippen molar-refractivity contribution >= 4 is 0 Å². The monoisotopic (exact) mass is 279 g/mol. The third-order valence-electron chi connectivity index (χ3n) is 3.33. The van der Waals surface area contributed by atoms with E-state index in [0.29, 0.717) is 6.61 Å². The van der Waals surface area contributed by atoms with Crippen LogP contribution < -0.4 is 17.3 Å². The van der Waals surface area contributed by atoms with Crippen LogP contribution in [0.15, 0.2) is 0 Å². The Morgan fingerprint density at radius 1 is 0.611 bits per heavy atom. The summed E-state index contributed by atoms with van der Waals surface area (Å²) in [7, 11) is 4.47. The third kappa shape index (κ3) is 18.6. The third-order valence-corrected chi connectivity index (χ3v) is 3.33. The second-order valence-electron chi connectivity index (χ2n) is 5.57. The van der Waals surface area contributed by atoms with E-state index in [2.05, 4.69) is 14.1 Å². The zero-order valence-corrected chi connectivity index (χ0v) is 13.3. The predicted octanol–water partition coefficient (Wildman–Crippen LogP) is -0.582. The van der Waals surface area contributed by atoms with E-state index < -0.39 is 0 Å². The van der Waals surface area contributed by atoms with Crippen LogP contribution in [0.5, 0.6) is 0 Å².